The number of unbranched alkanes of at least 4 members (excludes halogenated alkanes) is 1. The van der Waals surface area contributed by atoms with Crippen LogP contribution in [0.15, 0.2) is 0 Å². The molecule has 0 aromatic heterocycles. The van der Waals surface area contributed by atoms with E-state index in [0.29, 0.717) is 22.9 Å². The Labute approximate surface area is 166 Å². The Morgan fingerprint density at radius 2 is 1.74 bits per heavy atom. The van der Waals surface area contributed by atoms with Gasteiger partial charge in [-0.15, -0.1) is 5.92 Å². The lowest BCUT2D eigenvalue weighted by Crippen LogP contribution is -2.56. The van der Waals surface area contributed by atoms with Crippen LogP contribution in [0.1, 0.15) is 91.4 Å². The number of methoxy groups -OCH3 is 1. The quantitative estimate of drug-likeness (QED) is 0.641. The second-order valence-corrected chi connectivity index (χ2v) is 10.8. The summed E-state index contributed by atoms with van der Waals surface area (Å²) < 4.78 is 5.92. The SMILES string of the molecule is CCCC#CC1(O)CC[C@@]2(C)C(CC[C@@H]3[C@H]2CC[C@]2(C)C(OC)CC[C@@H]32)C1. The van der Waals surface area contributed by atoms with Gasteiger partial charge >= 0.3 is 0 Å². The zero-order valence-electron chi connectivity index (χ0n) is 18.0. The van der Waals surface area contributed by atoms with Gasteiger partial charge in [-0.2, -0.15) is 0 Å². The molecule has 0 saturated heterocycles. The summed E-state index contributed by atoms with van der Waals surface area (Å²) in [6.07, 6.45) is 13.4. The Morgan fingerprint density at radius 1 is 0.963 bits per heavy atom. The highest BCUT2D eigenvalue weighted by molar-refractivity contribution is 5.19. The Kier molecular flexibility index (Phi) is 5.18. The lowest BCUT2D eigenvalue weighted by molar-refractivity contribution is -0.146. The summed E-state index contributed by atoms with van der Waals surface area (Å²) in [6.45, 7) is 7.25. The van der Waals surface area contributed by atoms with Gasteiger partial charge in [0.15, 0.2) is 0 Å². The molecule has 0 bridgehead atoms. The maximum atomic E-state index is 11.1. The van der Waals surface area contributed by atoms with Crippen LogP contribution < -0.4 is 0 Å². The van der Waals surface area contributed by atoms with Gasteiger partial charge in [-0.25, -0.2) is 0 Å². The molecule has 4 fully saturated rings. The standard InChI is InChI=1S/C25H40O2/c1-5-6-7-13-25(26)16-15-23(2)18(17-25)8-9-19-20-10-11-22(27-4)24(20,3)14-12-21(19)23/h18-22,26H,5-6,8-12,14-17H2,1-4H3/t18?,19-,20-,21+,22?,23-,24-,25?/m0/s1. The summed E-state index contributed by atoms with van der Waals surface area (Å²) in [5, 5.41) is 11.1. The van der Waals surface area contributed by atoms with E-state index < -0.39 is 5.60 Å². The van der Waals surface area contributed by atoms with Crippen molar-refractivity contribution in [2.24, 2.45) is 34.5 Å². The van der Waals surface area contributed by atoms with Gasteiger partial charge in [-0.05, 0) is 98.7 Å². The van der Waals surface area contributed by atoms with E-state index in [0.717, 1.165) is 49.9 Å². The molecular weight excluding hydrogens is 332 g/mol. The molecule has 3 unspecified atom stereocenters. The first kappa shape index (κ1) is 19.8. The van der Waals surface area contributed by atoms with Crippen LogP contribution in [0, 0.1) is 46.3 Å². The van der Waals surface area contributed by atoms with E-state index in [4.69, 9.17) is 4.74 Å². The molecule has 0 aromatic carbocycles. The molecule has 0 radical (unpaired) electrons. The second-order valence-electron chi connectivity index (χ2n) is 10.8. The fourth-order valence-electron chi connectivity index (χ4n) is 8.05. The molecule has 4 aliphatic carbocycles. The molecule has 4 rings (SSSR count). The van der Waals surface area contributed by atoms with Crippen molar-refractivity contribution in [3.63, 3.8) is 0 Å². The first-order chi connectivity index (χ1) is 12.9. The van der Waals surface area contributed by atoms with Crippen molar-refractivity contribution in [1.29, 1.82) is 0 Å². The van der Waals surface area contributed by atoms with Crippen LogP contribution in [0.3, 0.4) is 0 Å². The minimum absolute atomic E-state index is 0.403. The molecule has 2 heteroatoms. The Hall–Kier alpha value is -0.520. The zero-order chi connectivity index (χ0) is 19.3. The van der Waals surface area contributed by atoms with Gasteiger partial charge in [0.2, 0.25) is 0 Å². The van der Waals surface area contributed by atoms with E-state index in [1.54, 1.807) is 0 Å². The third-order valence-corrected chi connectivity index (χ3v) is 9.62. The van der Waals surface area contributed by atoms with Gasteiger partial charge in [0.05, 0.1) is 6.10 Å². The van der Waals surface area contributed by atoms with Crippen molar-refractivity contribution >= 4 is 0 Å². The molecule has 0 spiro atoms. The molecule has 8 atom stereocenters. The second kappa shape index (κ2) is 7.07. The molecule has 1 N–H and O–H groups in total. The highest BCUT2D eigenvalue weighted by Crippen LogP contribution is 2.67. The Balaban J connectivity index is 1.53. The van der Waals surface area contributed by atoms with Crippen LogP contribution in [0.25, 0.3) is 0 Å². The summed E-state index contributed by atoms with van der Waals surface area (Å²) in [5.41, 5.74) is 0.0953. The van der Waals surface area contributed by atoms with Crippen LogP contribution in [0.5, 0.6) is 0 Å². The molecule has 2 nitrogen and oxygen atoms in total. The van der Waals surface area contributed by atoms with Crippen molar-refractivity contribution < 1.29 is 9.84 Å². The third kappa shape index (κ3) is 3.08. The van der Waals surface area contributed by atoms with Crippen LogP contribution in [0.4, 0.5) is 0 Å². The summed E-state index contributed by atoms with van der Waals surface area (Å²) in [7, 11) is 1.92. The lowest BCUT2D eigenvalue weighted by Gasteiger charge is -2.61. The van der Waals surface area contributed by atoms with Crippen molar-refractivity contribution in [3.05, 3.63) is 0 Å². The first-order valence-electron chi connectivity index (χ1n) is 11.6. The minimum atomic E-state index is -0.718. The molecule has 4 aliphatic rings. The van der Waals surface area contributed by atoms with Crippen molar-refractivity contribution in [1.82, 2.24) is 0 Å². The monoisotopic (exact) mass is 372 g/mol. The number of aliphatic hydroxyl groups is 1. The average molecular weight is 373 g/mol. The zero-order valence-corrected chi connectivity index (χ0v) is 18.0. The van der Waals surface area contributed by atoms with Gasteiger partial charge in [0.25, 0.3) is 0 Å². The van der Waals surface area contributed by atoms with Crippen LogP contribution in [0.2, 0.25) is 0 Å². The van der Waals surface area contributed by atoms with Crippen molar-refractivity contribution in [2.75, 3.05) is 7.11 Å². The maximum Gasteiger partial charge on any atom is 0.125 e. The molecule has 152 valence electrons. The highest BCUT2D eigenvalue weighted by atomic mass is 16.5. The minimum Gasteiger partial charge on any atom is -0.381 e. The van der Waals surface area contributed by atoms with Gasteiger partial charge in [0.1, 0.15) is 5.60 Å². The number of rotatable bonds is 2. The van der Waals surface area contributed by atoms with Gasteiger partial charge in [0, 0.05) is 13.5 Å². The van der Waals surface area contributed by atoms with Crippen LogP contribution >= 0.6 is 0 Å². The van der Waals surface area contributed by atoms with Crippen LogP contribution in [-0.2, 0) is 4.74 Å². The number of fused-ring (bicyclic) bond motifs is 5. The number of ether oxygens (including phenoxy) is 1. The Bertz CT molecular complexity index is 618. The number of hydrogen-bond donors (Lipinski definition) is 1. The summed E-state index contributed by atoms with van der Waals surface area (Å²) >= 11 is 0. The topological polar surface area (TPSA) is 29.5 Å². The lowest BCUT2D eigenvalue weighted by atomic mass is 9.44. The Morgan fingerprint density at radius 3 is 2.48 bits per heavy atom. The van der Waals surface area contributed by atoms with E-state index in [2.05, 4.69) is 32.6 Å². The van der Waals surface area contributed by atoms with E-state index >= 15 is 0 Å². The molecule has 0 amide bonds. The maximum absolute atomic E-state index is 11.1. The van der Waals surface area contributed by atoms with E-state index in [1.165, 1.54) is 38.5 Å². The van der Waals surface area contributed by atoms with E-state index in [-0.39, 0.29) is 0 Å². The first-order valence-corrected chi connectivity index (χ1v) is 11.6. The largest absolute Gasteiger partial charge is 0.381 e. The summed E-state index contributed by atoms with van der Waals surface area (Å²) in [5.74, 6) is 9.73. The molecular formula is C25H40O2. The normalized spacial score (nSPS) is 51.5. The van der Waals surface area contributed by atoms with Crippen molar-refractivity contribution in [3.8, 4) is 11.8 Å². The van der Waals surface area contributed by atoms with Gasteiger partial charge in [-0.3, -0.25) is 0 Å². The van der Waals surface area contributed by atoms with Gasteiger partial charge in [-0.1, -0.05) is 26.7 Å². The molecule has 4 saturated carbocycles. The predicted molar refractivity (Wildman–Crippen MR) is 110 cm³/mol. The molecule has 0 aliphatic heterocycles. The van der Waals surface area contributed by atoms with Gasteiger partial charge < -0.3 is 9.84 Å². The fraction of sp³-hybridized carbons (Fsp3) is 0.920. The van der Waals surface area contributed by atoms with Crippen LogP contribution in [-0.4, -0.2) is 23.9 Å². The third-order valence-electron chi connectivity index (χ3n) is 9.62. The highest BCUT2D eigenvalue weighted by Gasteiger charge is 2.61. The average Bonchev–Trinajstić information content (AvgIpc) is 2.99. The molecule has 0 aromatic rings. The number of hydrogen-bond acceptors (Lipinski definition) is 2. The van der Waals surface area contributed by atoms with Crippen molar-refractivity contribution in [2.45, 2.75) is 103 Å². The smallest absolute Gasteiger partial charge is 0.125 e. The molecule has 0 heterocycles. The van der Waals surface area contributed by atoms with E-state index in [9.17, 15) is 5.11 Å². The fourth-order valence-corrected chi connectivity index (χ4v) is 8.05. The molecule has 27 heavy (non-hydrogen) atoms. The summed E-state index contributed by atoms with van der Waals surface area (Å²) in [4.78, 5) is 0. The predicted octanol–water partition coefficient (Wildman–Crippen LogP) is 5.58. The van der Waals surface area contributed by atoms with E-state index in [1.807, 2.05) is 7.11 Å². The summed E-state index contributed by atoms with van der Waals surface area (Å²) in [6, 6.07) is 0.